The first-order chi connectivity index (χ1) is 8.16. The maximum absolute atomic E-state index is 10.9. The third-order valence-electron chi connectivity index (χ3n) is 2.56. The van der Waals surface area contributed by atoms with Gasteiger partial charge in [-0.1, -0.05) is 37.3 Å². The van der Waals surface area contributed by atoms with Crippen LogP contribution in [-0.2, 0) is 9.59 Å². The lowest BCUT2D eigenvalue weighted by atomic mass is 10.0. The molecule has 1 unspecified atom stereocenters. The van der Waals surface area contributed by atoms with E-state index in [1.165, 1.54) is 5.56 Å². The second kappa shape index (κ2) is 4.78. The Balaban J connectivity index is 1.97. The Morgan fingerprint density at radius 3 is 2.29 bits per heavy atom. The Labute approximate surface area is 98.9 Å². The van der Waals surface area contributed by atoms with Crippen molar-refractivity contribution in [3.8, 4) is 0 Å². The normalized spacial score (nSPS) is 16.4. The monoisotopic (exact) mass is 231 g/mol. The number of rotatable bonds is 3. The van der Waals surface area contributed by atoms with Crippen LogP contribution in [0.15, 0.2) is 35.3 Å². The van der Waals surface area contributed by atoms with Crippen molar-refractivity contribution in [3.05, 3.63) is 35.9 Å². The van der Waals surface area contributed by atoms with Gasteiger partial charge in [-0.25, -0.2) is 0 Å². The van der Waals surface area contributed by atoms with Crippen molar-refractivity contribution in [2.45, 2.75) is 12.8 Å². The van der Waals surface area contributed by atoms with Crippen LogP contribution in [0.5, 0.6) is 0 Å². The summed E-state index contributed by atoms with van der Waals surface area (Å²) in [6.07, 6.45) is 0. The highest BCUT2D eigenvalue weighted by molar-refractivity contribution is 6.45. The third-order valence-corrected chi connectivity index (χ3v) is 2.56. The van der Waals surface area contributed by atoms with Gasteiger partial charge in [0.2, 0.25) is 5.96 Å². The minimum Gasteiger partial charge on any atom is -0.288 e. The van der Waals surface area contributed by atoms with Gasteiger partial charge in [-0.3, -0.25) is 25.2 Å². The van der Waals surface area contributed by atoms with Crippen molar-refractivity contribution in [1.29, 1.82) is 0 Å². The minimum atomic E-state index is -0.656. The van der Waals surface area contributed by atoms with Crippen LogP contribution in [0.1, 0.15) is 18.4 Å². The first-order valence-electron chi connectivity index (χ1n) is 5.38. The lowest BCUT2D eigenvalue weighted by molar-refractivity contribution is -0.135. The molecule has 17 heavy (non-hydrogen) atoms. The number of aliphatic imine (C=N–C) groups is 1. The predicted octanol–water partition coefficient (Wildman–Crippen LogP) is 0.392. The number of benzene rings is 1. The Bertz CT molecular complexity index is 450. The number of nitrogens with one attached hydrogen (secondary N) is 2. The summed E-state index contributed by atoms with van der Waals surface area (Å²) < 4.78 is 0. The van der Waals surface area contributed by atoms with Gasteiger partial charge >= 0.3 is 11.8 Å². The van der Waals surface area contributed by atoms with Gasteiger partial charge in [-0.05, 0) is 5.56 Å². The zero-order valence-electron chi connectivity index (χ0n) is 9.43. The van der Waals surface area contributed by atoms with Crippen LogP contribution in [0.4, 0.5) is 0 Å². The molecule has 5 heteroatoms. The Morgan fingerprint density at radius 2 is 1.71 bits per heavy atom. The van der Waals surface area contributed by atoms with Crippen molar-refractivity contribution in [3.63, 3.8) is 0 Å². The Morgan fingerprint density at radius 1 is 1.12 bits per heavy atom. The summed E-state index contributed by atoms with van der Waals surface area (Å²) >= 11 is 0. The van der Waals surface area contributed by atoms with Crippen molar-refractivity contribution in [2.24, 2.45) is 4.99 Å². The highest BCUT2D eigenvalue weighted by atomic mass is 16.2. The van der Waals surface area contributed by atoms with Crippen LogP contribution in [0.25, 0.3) is 0 Å². The average molecular weight is 231 g/mol. The molecule has 1 fully saturated rings. The highest BCUT2D eigenvalue weighted by Gasteiger charge is 2.24. The van der Waals surface area contributed by atoms with E-state index in [1.54, 1.807) is 0 Å². The van der Waals surface area contributed by atoms with Gasteiger partial charge < -0.3 is 0 Å². The largest absolute Gasteiger partial charge is 0.316 e. The van der Waals surface area contributed by atoms with Gasteiger partial charge in [0.05, 0.1) is 0 Å². The number of guanidine groups is 1. The molecule has 1 aliphatic heterocycles. The molecule has 0 radical (unpaired) electrons. The van der Waals surface area contributed by atoms with Gasteiger partial charge in [0.25, 0.3) is 0 Å². The van der Waals surface area contributed by atoms with Crippen LogP contribution in [0, 0.1) is 0 Å². The summed E-state index contributed by atoms with van der Waals surface area (Å²) in [6, 6.07) is 9.95. The predicted molar refractivity (Wildman–Crippen MR) is 63.4 cm³/mol. The summed E-state index contributed by atoms with van der Waals surface area (Å²) in [4.78, 5) is 25.9. The van der Waals surface area contributed by atoms with Crippen molar-refractivity contribution < 1.29 is 9.59 Å². The van der Waals surface area contributed by atoms with Gasteiger partial charge in [-0.15, -0.1) is 0 Å². The topological polar surface area (TPSA) is 70.6 Å². The highest BCUT2D eigenvalue weighted by Crippen LogP contribution is 2.14. The van der Waals surface area contributed by atoms with E-state index in [-0.39, 0.29) is 11.9 Å². The molecule has 0 aromatic heterocycles. The van der Waals surface area contributed by atoms with Crippen LogP contribution in [0.2, 0.25) is 0 Å². The maximum atomic E-state index is 10.9. The zero-order chi connectivity index (χ0) is 12.3. The molecular formula is C12H13N3O2. The quantitative estimate of drug-likeness (QED) is 0.739. The van der Waals surface area contributed by atoms with Crippen molar-refractivity contribution in [2.75, 3.05) is 6.54 Å². The molecule has 2 amide bonds. The number of hydrogen-bond acceptors (Lipinski definition) is 3. The molecule has 0 saturated carbocycles. The van der Waals surface area contributed by atoms with Crippen LogP contribution < -0.4 is 10.6 Å². The molecule has 0 aliphatic carbocycles. The van der Waals surface area contributed by atoms with E-state index in [9.17, 15) is 9.59 Å². The van der Waals surface area contributed by atoms with E-state index in [1.807, 2.05) is 37.3 Å². The zero-order valence-corrected chi connectivity index (χ0v) is 9.43. The number of carbonyl (C=O) groups excluding carboxylic acids is 2. The van der Waals surface area contributed by atoms with E-state index >= 15 is 0 Å². The van der Waals surface area contributed by atoms with Gasteiger partial charge in [0, 0.05) is 12.5 Å². The second-order valence-corrected chi connectivity index (χ2v) is 3.91. The fraction of sp³-hybridized carbons (Fsp3) is 0.250. The van der Waals surface area contributed by atoms with Crippen molar-refractivity contribution >= 4 is 17.8 Å². The van der Waals surface area contributed by atoms with E-state index in [4.69, 9.17) is 0 Å². The molecule has 1 aromatic carbocycles. The fourth-order valence-electron chi connectivity index (χ4n) is 1.55. The molecule has 1 aliphatic rings. The van der Waals surface area contributed by atoms with Crippen molar-refractivity contribution in [1.82, 2.24) is 10.6 Å². The molecular weight excluding hydrogens is 218 g/mol. The molecule has 1 atom stereocenters. The first kappa shape index (κ1) is 11.3. The van der Waals surface area contributed by atoms with E-state index in [2.05, 4.69) is 15.6 Å². The van der Waals surface area contributed by atoms with Gasteiger partial charge in [0.1, 0.15) is 0 Å². The number of amides is 2. The molecule has 1 saturated heterocycles. The smallest absolute Gasteiger partial charge is 0.288 e. The maximum Gasteiger partial charge on any atom is 0.316 e. The molecule has 2 N–H and O–H groups in total. The lowest BCUT2D eigenvalue weighted by Crippen LogP contribution is -2.26. The number of nitrogens with zero attached hydrogens (tertiary/aromatic N) is 1. The average Bonchev–Trinajstić information content (AvgIpc) is 2.67. The standard InChI is InChI=1S/C12H13N3O2/c1-8(9-5-3-2-4-6-9)7-13-12-14-10(16)11(17)15-12/h2-6,8H,7H2,1H3,(H2,13,14,15,16,17). The summed E-state index contributed by atoms with van der Waals surface area (Å²) in [6.45, 7) is 2.55. The van der Waals surface area contributed by atoms with E-state index in [0.717, 1.165) is 0 Å². The molecule has 2 rings (SSSR count). The number of carbonyl (C=O) groups is 2. The molecule has 1 heterocycles. The molecule has 0 bridgehead atoms. The van der Waals surface area contributed by atoms with E-state index in [0.29, 0.717) is 6.54 Å². The van der Waals surface area contributed by atoms with Gasteiger partial charge in [-0.2, -0.15) is 0 Å². The summed E-state index contributed by atoms with van der Waals surface area (Å²) in [7, 11) is 0. The Kier molecular flexibility index (Phi) is 3.18. The molecule has 1 aromatic rings. The molecule has 88 valence electrons. The number of hydrogen-bond donors (Lipinski definition) is 2. The van der Waals surface area contributed by atoms with Crippen LogP contribution in [0.3, 0.4) is 0 Å². The minimum absolute atomic E-state index is 0.234. The second-order valence-electron chi connectivity index (χ2n) is 3.91. The van der Waals surface area contributed by atoms with Crippen LogP contribution >= 0.6 is 0 Å². The summed E-state index contributed by atoms with van der Waals surface area (Å²) in [5.41, 5.74) is 1.17. The van der Waals surface area contributed by atoms with Gasteiger partial charge in [0.15, 0.2) is 0 Å². The fourth-order valence-corrected chi connectivity index (χ4v) is 1.55. The first-order valence-corrected chi connectivity index (χ1v) is 5.38. The summed E-state index contributed by atoms with van der Waals surface area (Å²) in [5.74, 6) is -0.840. The lowest BCUT2D eigenvalue weighted by Gasteiger charge is -2.08. The molecule has 5 nitrogen and oxygen atoms in total. The molecule has 0 spiro atoms. The Hall–Kier alpha value is -2.17. The summed E-state index contributed by atoms with van der Waals surface area (Å²) in [5, 5.41) is 4.72. The van der Waals surface area contributed by atoms with E-state index < -0.39 is 11.8 Å². The third kappa shape index (κ3) is 2.69. The SMILES string of the molecule is CC(CN=C1NC(=O)C(=O)N1)c1ccccc1. The van der Waals surface area contributed by atoms with Crippen LogP contribution in [-0.4, -0.2) is 24.3 Å².